The highest BCUT2D eigenvalue weighted by molar-refractivity contribution is 9.10. The number of benzene rings is 1. The van der Waals surface area contributed by atoms with E-state index >= 15 is 0 Å². The highest BCUT2D eigenvalue weighted by Gasteiger charge is 2.09. The standard InChI is InChI=1S/C14H17BrO2/c1-4-10(14(16)17)7-11-5-6-12(15)8-13(11)9(2)3/h5-9H,4H2,1-3H3,(H,16,17)/b10-7+. The van der Waals surface area contributed by atoms with Gasteiger partial charge in [0.05, 0.1) is 0 Å². The molecule has 0 radical (unpaired) electrons. The van der Waals surface area contributed by atoms with Crippen molar-refractivity contribution in [2.75, 3.05) is 0 Å². The summed E-state index contributed by atoms with van der Waals surface area (Å²) < 4.78 is 1.02. The minimum Gasteiger partial charge on any atom is -0.478 e. The summed E-state index contributed by atoms with van der Waals surface area (Å²) in [6.07, 6.45) is 2.30. The fraction of sp³-hybridized carbons (Fsp3) is 0.357. The van der Waals surface area contributed by atoms with Crippen molar-refractivity contribution in [2.24, 2.45) is 0 Å². The van der Waals surface area contributed by atoms with Crippen molar-refractivity contribution >= 4 is 28.0 Å². The molecule has 1 aromatic rings. The summed E-state index contributed by atoms with van der Waals surface area (Å²) in [6, 6.07) is 5.94. The molecule has 0 amide bonds. The van der Waals surface area contributed by atoms with E-state index < -0.39 is 5.97 Å². The fourth-order valence-electron chi connectivity index (χ4n) is 1.68. The molecule has 92 valence electrons. The molecule has 1 N–H and O–H groups in total. The highest BCUT2D eigenvalue weighted by Crippen LogP contribution is 2.26. The lowest BCUT2D eigenvalue weighted by Gasteiger charge is -2.11. The molecule has 0 aliphatic carbocycles. The molecule has 17 heavy (non-hydrogen) atoms. The van der Waals surface area contributed by atoms with Gasteiger partial charge in [-0.05, 0) is 41.7 Å². The number of carbonyl (C=O) groups is 1. The van der Waals surface area contributed by atoms with Gasteiger partial charge >= 0.3 is 5.97 Å². The van der Waals surface area contributed by atoms with Crippen LogP contribution in [0.5, 0.6) is 0 Å². The van der Waals surface area contributed by atoms with Crippen molar-refractivity contribution in [3.05, 3.63) is 39.4 Å². The first kappa shape index (κ1) is 14.0. The van der Waals surface area contributed by atoms with Gasteiger partial charge in [-0.15, -0.1) is 0 Å². The zero-order chi connectivity index (χ0) is 13.0. The number of hydrogen-bond donors (Lipinski definition) is 1. The van der Waals surface area contributed by atoms with Crippen LogP contribution < -0.4 is 0 Å². The van der Waals surface area contributed by atoms with Gasteiger partial charge in [-0.25, -0.2) is 4.79 Å². The van der Waals surface area contributed by atoms with Crippen molar-refractivity contribution in [1.29, 1.82) is 0 Å². The Balaban J connectivity index is 3.26. The minimum absolute atomic E-state index is 0.366. The summed E-state index contributed by atoms with van der Waals surface area (Å²) in [6.45, 7) is 6.06. The van der Waals surface area contributed by atoms with Gasteiger partial charge in [0.25, 0.3) is 0 Å². The fourth-order valence-corrected chi connectivity index (χ4v) is 2.06. The lowest BCUT2D eigenvalue weighted by atomic mass is 9.95. The topological polar surface area (TPSA) is 37.3 Å². The molecule has 1 aromatic carbocycles. The summed E-state index contributed by atoms with van der Waals surface area (Å²) in [5.41, 5.74) is 2.59. The number of halogens is 1. The summed E-state index contributed by atoms with van der Waals surface area (Å²) in [5.74, 6) is -0.476. The van der Waals surface area contributed by atoms with E-state index in [4.69, 9.17) is 5.11 Å². The van der Waals surface area contributed by atoms with Crippen LogP contribution in [-0.4, -0.2) is 11.1 Å². The second-order valence-electron chi connectivity index (χ2n) is 4.26. The van der Waals surface area contributed by atoms with E-state index in [9.17, 15) is 4.79 Å². The molecule has 3 heteroatoms. The van der Waals surface area contributed by atoms with E-state index in [1.807, 2.05) is 25.1 Å². The molecular formula is C14H17BrO2. The van der Waals surface area contributed by atoms with Crippen molar-refractivity contribution in [1.82, 2.24) is 0 Å². The molecule has 0 fully saturated rings. The number of aliphatic carboxylic acids is 1. The molecule has 0 aromatic heterocycles. The average molecular weight is 297 g/mol. The molecule has 0 saturated carbocycles. The molecule has 0 aliphatic heterocycles. The Morgan fingerprint density at radius 3 is 2.59 bits per heavy atom. The van der Waals surface area contributed by atoms with Gasteiger partial charge < -0.3 is 5.11 Å². The quantitative estimate of drug-likeness (QED) is 0.834. The lowest BCUT2D eigenvalue weighted by molar-refractivity contribution is -0.132. The van der Waals surface area contributed by atoms with Crippen LogP contribution in [0.1, 0.15) is 44.2 Å². The second-order valence-corrected chi connectivity index (χ2v) is 5.17. The third kappa shape index (κ3) is 3.70. The SMILES string of the molecule is CC/C(=C\c1ccc(Br)cc1C(C)C)C(=O)O. The predicted octanol–water partition coefficient (Wildman–Crippen LogP) is 4.45. The van der Waals surface area contributed by atoms with E-state index in [1.165, 1.54) is 0 Å². The van der Waals surface area contributed by atoms with Gasteiger partial charge in [0, 0.05) is 10.0 Å². The maximum atomic E-state index is 11.0. The van der Waals surface area contributed by atoms with Gasteiger partial charge in [0.1, 0.15) is 0 Å². The molecule has 0 atom stereocenters. The molecular weight excluding hydrogens is 280 g/mol. The monoisotopic (exact) mass is 296 g/mol. The van der Waals surface area contributed by atoms with Crippen LogP contribution in [0.25, 0.3) is 6.08 Å². The number of rotatable bonds is 4. The van der Waals surface area contributed by atoms with Crippen molar-refractivity contribution in [3.8, 4) is 0 Å². The third-order valence-corrected chi connectivity index (χ3v) is 3.15. The molecule has 0 bridgehead atoms. The van der Waals surface area contributed by atoms with Crippen molar-refractivity contribution in [3.63, 3.8) is 0 Å². The summed E-state index contributed by atoms with van der Waals surface area (Å²) in [4.78, 5) is 11.0. The van der Waals surface area contributed by atoms with Gasteiger partial charge in [0.2, 0.25) is 0 Å². The van der Waals surface area contributed by atoms with Gasteiger partial charge in [-0.3, -0.25) is 0 Å². The van der Waals surface area contributed by atoms with Crippen LogP contribution in [0.15, 0.2) is 28.2 Å². The van der Waals surface area contributed by atoms with Gasteiger partial charge in [0.15, 0.2) is 0 Å². The van der Waals surface area contributed by atoms with Crippen molar-refractivity contribution in [2.45, 2.75) is 33.1 Å². The number of carboxylic acids is 1. The van der Waals surface area contributed by atoms with Crippen LogP contribution in [-0.2, 0) is 4.79 Å². The van der Waals surface area contributed by atoms with E-state index in [0.717, 1.165) is 15.6 Å². The maximum Gasteiger partial charge on any atom is 0.331 e. The third-order valence-electron chi connectivity index (χ3n) is 2.66. The average Bonchev–Trinajstić information content (AvgIpc) is 2.26. The van der Waals surface area contributed by atoms with E-state index in [1.54, 1.807) is 6.08 Å². The molecule has 0 spiro atoms. The Morgan fingerprint density at radius 1 is 1.47 bits per heavy atom. The Hall–Kier alpha value is -1.09. The first-order valence-corrected chi connectivity index (χ1v) is 6.48. The van der Waals surface area contributed by atoms with Crippen molar-refractivity contribution < 1.29 is 9.90 Å². The second kappa shape index (κ2) is 6.01. The normalized spacial score (nSPS) is 11.9. The molecule has 0 aliphatic rings. The van der Waals surface area contributed by atoms with Crippen LogP contribution in [0.3, 0.4) is 0 Å². The van der Waals surface area contributed by atoms with Crippen LogP contribution >= 0.6 is 15.9 Å². The van der Waals surface area contributed by atoms with E-state index in [-0.39, 0.29) is 0 Å². The molecule has 0 saturated heterocycles. The molecule has 1 rings (SSSR count). The largest absolute Gasteiger partial charge is 0.478 e. The van der Waals surface area contributed by atoms with Crippen LogP contribution in [0, 0.1) is 0 Å². The zero-order valence-corrected chi connectivity index (χ0v) is 11.9. The van der Waals surface area contributed by atoms with Gasteiger partial charge in [-0.1, -0.05) is 42.8 Å². The Kier molecular flexibility index (Phi) is 4.94. The molecule has 0 unspecified atom stereocenters. The Labute approximate surface area is 110 Å². The molecule has 2 nitrogen and oxygen atoms in total. The summed E-state index contributed by atoms with van der Waals surface area (Å²) in [5, 5.41) is 9.04. The lowest BCUT2D eigenvalue weighted by Crippen LogP contribution is -2.00. The van der Waals surface area contributed by atoms with E-state index in [2.05, 4.69) is 29.8 Å². The first-order valence-electron chi connectivity index (χ1n) is 5.69. The van der Waals surface area contributed by atoms with Crippen LogP contribution in [0.2, 0.25) is 0 Å². The zero-order valence-electron chi connectivity index (χ0n) is 10.3. The Morgan fingerprint density at radius 2 is 2.12 bits per heavy atom. The smallest absolute Gasteiger partial charge is 0.331 e. The summed E-state index contributed by atoms with van der Waals surface area (Å²) >= 11 is 3.44. The Bertz CT molecular complexity index is 448. The van der Waals surface area contributed by atoms with Crippen LogP contribution in [0.4, 0.5) is 0 Å². The van der Waals surface area contributed by atoms with Gasteiger partial charge in [-0.2, -0.15) is 0 Å². The number of hydrogen-bond acceptors (Lipinski definition) is 1. The highest BCUT2D eigenvalue weighted by atomic mass is 79.9. The summed E-state index contributed by atoms with van der Waals surface area (Å²) in [7, 11) is 0. The first-order chi connectivity index (χ1) is 7.95. The number of carboxylic acid groups (broad SMARTS) is 1. The maximum absolute atomic E-state index is 11.0. The minimum atomic E-state index is -0.842. The molecule has 0 heterocycles. The van der Waals surface area contributed by atoms with E-state index in [0.29, 0.717) is 17.9 Å². The predicted molar refractivity (Wildman–Crippen MR) is 74.1 cm³/mol.